The minimum atomic E-state index is -4.09. The van der Waals surface area contributed by atoms with E-state index in [2.05, 4.69) is 4.84 Å². The number of rotatable bonds is 11. The molecule has 3 rings (SSSR count). The van der Waals surface area contributed by atoms with Crippen molar-refractivity contribution in [3.05, 3.63) is 98.6 Å². The second-order valence-corrected chi connectivity index (χ2v) is 11.2. The Morgan fingerprint density at radius 3 is 2.41 bits per heavy atom. The van der Waals surface area contributed by atoms with Gasteiger partial charge in [-0.3, -0.25) is 4.79 Å². The fourth-order valence-electron chi connectivity index (χ4n) is 3.47. The lowest BCUT2D eigenvalue weighted by atomic mass is 10.0. The topological polar surface area (TPSA) is 133 Å². The Morgan fingerprint density at radius 2 is 1.79 bits per heavy atom. The van der Waals surface area contributed by atoms with Crippen molar-refractivity contribution < 1.29 is 41.4 Å². The van der Waals surface area contributed by atoms with E-state index in [1.807, 2.05) is 0 Å². The highest BCUT2D eigenvalue weighted by Gasteiger charge is 2.25. The Labute approximate surface area is 226 Å². The van der Waals surface area contributed by atoms with Gasteiger partial charge in [0.25, 0.3) is 5.09 Å². The van der Waals surface area contributed by atoms with Crippen molar-refractivity contribution in [3.63, 3.8) is 0 Å². The smallest absolute Gasteiger partial charge is 0.339 e. The molecule has 0 aromatic heterocycles. The van der Waals surface area contributed by atoms with E-state index in [-0.39, 0.29) is 32.4 Å². The third-order valence-electron chi connectivity index (χ3n) is 5.28. The first-order valence-corrected chi connectivity index (χ1v) is 13.7. The number of ketones is 1. The molecule has 0 aliphatic rings. The van der Waals surface area contributed by atoms with E-state index < -0.39 is 46.1 Å². The Kier molecular flexibility index (Phi) is 9.24. The van der Waals surface area contributed by atoms with Gasteiger partial charge in [-0.25, -0.2) is 26.3 Å². The van der Waals surface area contributed by atoms with Crippen LogP contribution in [0, 0.1) is 28.7 Å². The molecule has 0 atom stereocenters. The van der Waals surface area contributed by atoms with Gasteiger partial charge in [0.05, 0.1) is 17.5 Å². The van der Waals surface area contributed by atoms with E-state index >= 15 is 0 Å². The van der Waals surface area contributed by atoms with Crippen LogP contribution in [0.5, 0.6) is 0 Å². The molecule has 206 valence electrons. The van der Waals surface area contributed by atoms with Crippen LogP contribution in [0.2, 0.25) is 0 Å². The van der Waals surface area contributed by atoms with Gasteiger partial charge >= 0.3 is 5.97 Å². The zero-order chi connectivity index (χ0) is 28.9. The number of hydrogen-bond donors (Lipinski definition) is 0. The molecule has 0 spiro atoms. The van der Waals surface area contributed by atoms with Gasteiger partial charge in [0.1, 0.15) is 18.2 Å². The number of ether oxygens (including phenoxy) is 1. The summed E-state index contributed by atoms with van der Waals surface area (Å²) >= 11 is 0.765. The lowest BCUT2D eigenvalue weighted by Crippen LogP contribution is -2.34. The number of carbonyl (C=O) groups excluding carboxylic acids is 2. The highest BCUT2D eigenvalue weighted by atomic mass is 32.2. The number of Topliss-reactive ketones (excluding diaryl/α,β-unsaturated/α-hetero) is 1. The Balaban J connectivity index is 1.97. The number of carbonyl (C=O) groups is 2. The maximum atomic E-state index is 14.4. The van der Waals surface area contributed by atoms with Crippen LogP contribution in [-0.4, -0.2) is 38.2 Å². The summed E-state index contributed by atoms with van der Waals surface area (Å²) in [5.41, 5.74) is 0.952. The van der Waals surface area contributed by atoms with Crippen molar-refractivity contribution in [2.24, 2.45) is 0 Å². The molecule has 3 aromatic rings. The molecule has 3 aromatic carbocycles. The van der Waals surface area contributed by atoms with Crippen molar-refractivity contribution in [3.8, 4) is 0 Å². The molecule has 0 amide bonds. The summed E-state index contributed by atoms with van der Waals surface area (Å²) in [5, 5.41) is 9.44. The first-order valence-electron chi connectivity index (χ1n) is 11.1. The fourth-order valence-corrected chi connectivity index (χ4v) is 5.26. The summed E-state index contributed by atoms with van der Waals surface area (Å²) in [7, 11) is -4.09. The van der Waals surface area contributed by atoms with Gasteiger partial charge in [0, 0.05) is 21.4 Å². The standard InChI is InChI=1S/C25H22F2N2O8S2/c1-15-9-22(24(12-20(15)16(2)30)38-23-8-7-19(26)11-21(23)27)28(39(3,34)35)14-36-25(31)18-6-4-5-17(10-18)13-37-29(32)33/h4-12H,13-14H2,1-3H3. The van der Waals surface area contributed by atoms with Gasteiger partial charge in [-0.2, -0.15) is 0 Å². The van der Waals surface area contributed by atoms with E-state index in [9.17, 15) is 36.9 Å². The van der Waals surface area contributed by atoms with Crippen molar-refractivity contribution in [2.45, 2.75) is 30.2 Å². The third-order valence-corrected chi connectivity index (χ3v) is 7.48. The first kappa shape index (κ1) is 29.5. The molecule has 0 saturated carbocycles. The molecule has 0 heterocycles. The third kappa shape index (κ3) is 7.74. The predicted octanol–water partition coefficient (Wildman–Crippen LogP) is 4.92. The molecular formula is C25H22F2N2O8S2. The maximum Gasteiger partial charge on any atom is 0.339 e. The molecule has 0 unspecified atom stereocenters. The normalized spacial score (nSPS) is 11.1. The fraction of sp³-hybridized carbons (Fsp3) is 0.200. The van der Waals surface area contributed by atoms with Crippen LogP contribution in [0.25, 0.3) is 0 Å². The summed E-state index contributed by atoms with van der Waals surface area (Å²) in [6.07, 6.45) is 0.873. The number of sulfonamides is 1. The largest absolute Gasteiger partial charge is 0.440 e. The van der Waals surface area contributed by atoms with E-state index in [1.54, 1.807) is 6.92 Å². The summed E-state index contributed by atoms with van der Waals surface area (Å²) in [6, 6.07) is 11.3. The SMILES string of the molecule is CC(=O)c1cc(Sc2ccc(F)cc2F)c(N(COC(=O)c2cccc(CO[N+](=O)[O-])c2)S(C)(=O)=O)cc1C. The minimum Gasteiger partial charge on any atom is -0.440 e. The van der Waals surface area contributed by atoms with Gasteiger partial charge in [-0.05, 0) is 61.4 Å². The number of aryl methyl sites for hydroxylation is 1. The molecule has 0 radical (unpaired) electrons. The van der Waals surface area contributed by atoms with Gasteiger partial charge < -0.3 is 9.57 Å². The molecule has 0 aliphatic heterocycles. The van der Waals surface area contributed by atoms with Crippen LogP contribution in [-0.2, 0) is 26.2 Å². The van der Waals surface area contributed by atoms with Crippen molar-refractivity contribution in [1.82, 2.24) is 0 Å². The first-order chi connectivity index (χ1) is 18.3. The molecule has 14 heteroatoms. The monoisotopic (exact) mass is 580 g/mol. The molecule has 0 aliphatic carbocycles. The van der Waals surface area contributed by atoms with Crippen LogP contribution in [0.3, 0.4) is 0 Å². The van der Waals surface area contributed by atoms with Gasteiger partial charge in [0.2, 0.25) is 10.0 Å². The number of esters is 1. The number of anilines is 1. The molecular weight excluding hydrogens is 558 g/mol. The molecule has 0 saturated heterocycles. The number of halogens is 2. The lowest BCUT2D eigenvalue weighted by molar-refractivity contribution is -0.763. The second-order valence-electron chi connectivity index (χ2n) is 8.24. The van der Waals surface area contributed by atoms with Crippen LogP contribution >= 0.6 is 11.8 Å². The van der Waals surface area contributed by atoms with Crippen molar-refractivity contribution in [1.29, 1.82) is 0 Å². The van der Waals surface area contributed by atoms with Crippen molar-refractivity contribution in [2.75, 3.05) is 17.3 Å². The highest BCUT2D eigenvalue weighted by Crippen LogP contribution is 2.39. The summed E-state index contributed by atoms with van der Waals surface area (Å²) in [6.45, 7) is 1.70. The number of nitrogens with zero attached hydrogens (tertiary/aromatic N) is 2. The zero-order valence-corrected chi connectivity index (χ0v) is 22.5. The average molecular weight is 581 g/mol. The molecule has 10 nitrogen and oxygen atoms in total. The number of hydrogen-bond acceptors (Lipinski definition) is 9. The molecule has 39 heavy (non-hydrogen) atoms. The van der Waals surface area contributed by atoms with E-state index in [1.165, 1.54) is 49.4 Å². The van der Waals surface area contributed by atoms with Gasteiger partial charge in [-0.15, -0.1) is 10.1 Å². The molecule has 0 bridgehead atoms. The van der Waals surface area contributed by atoms with Crippen molar-refractivity contribution >= 4 is 39.2 Å². The van der Waals surface area contributed by atoms with Crippen LogP contribution in [0.15, 0.2) is 64.4 Å². The van der Waals surface area contributed by atoms with E-state index in [0.29, 0.717) is 17.2 Å². The zero-order valence-electron chi connectivity index (χ0n) is 20.8. The van der Waals surface area contributed by atoms with Gasteiger partial charge in [0.15, 0.2) is 12.5 Å². The summed E-state index contributed by atoms with van der Waals surface area (Å²) in [4.78, 5) is 39.7. The number of benzene rings is 3. The maximum absolute atomic E-state index is 14.4. The molecule has 0 N–H and O–H groups in total. The average Bonchev–Trinajstić information content (AvgIpc) is 2.84. The second kappa shape index (κ2) is 12.2. The Morgan fingerprint density at radius 1 is 1.08 bits per heavy atom. The summed E-state index contributed by atoms with van der Waals surface area (Å²) < 4.78 is 59.5. The van der Waals surface area contributed by atoms with Crippen LogP contribution in [0.1, 0.15) is 38.8 Å². The van der Waals surface area contributed by atoms with E-state index in [0.717, 1.165) is 28.4 Å². The quantitative estimate of drug-likeness (QED) is 0.102. The van der Waals surface area contributed by atoms with Gasteiger partial charge in [-0.1, -0.05) is 23.9 Å². The van der Waals surface area contributed by atoms with Crippen LogP contribution in [0.4, 0.5) is 14.5 Å². The Hall–Kier alpha value is -4.04. The Bertz CT molecular complexity index is 1550. The lowest BCUT2D eigenvalue weighted by Gasteiger charge is -2.25. The predicted molar refractivity (Wildman–Crippen MR) is 137 cm³/mol. The minimum absolute atomic E-state index is 0.00495. The molecule has 0 fully saturated rings. The van der Waals surface area contributed by atoms with Crippen LogP contribution < -0.4 is 4.31 Å². The highest BCUT2D eigenvalue weighted by molar-refractivity contribution is 7.99. The summed E-state index contributed by atoms with van der Waals surface area (Å²) in [5.74, 6) is -2.94. The van der Waals surface area contributed by atoms with E-state index in [4.69, 9.17) is 4.74 Å².